The van der Waals surface area contributed by atoms with Crippen LogP contribution in [0, 0.1) is 29.6 Å². The molecule has 1 aromatic rings. The zero-order valence-corrected chi connectivity index (χ0v) is 10.8. The van der Waals surface area contributed by atoms with Crippen molar-refractivity contribution in [1.82, 2.24) is 9.36 Å². The molecule has 0 saturated heterocycles. The third kappa shape index (κ3) is 1.68. The summed E-state index contributed by atoms with van der Waals surface area (Å²) < 4.78 is 4.37. The molecular weight excluding hydrogens is 230 g/mol. The Bertz CT molecular complexity index is 400. The van der Waals surface area contributed by atoms with E-state index in [2.05, 4.69) is 9.36 Å². The summed E-state index contributed by atoms with van der Waals surface area (Å²) in [7, 11) is 0. The van der Waals surface area contributed by atoms with E-state index in [1.54, 1.807) is 0 Å². The van der Waals surface area contributed by atoms with Gasteiger partial charge < -0.3 is 5.73 Å². The third-order valence-corrected chi connectivity index (χ3v) is 5.90. The van der Waals surface area contributed by atoms with Gasteiger partial charge in [-0.15, -0.1) is 0 Å². The van der Waals surface area contributed by atoms with E-state index in [-0.39, 0.29) is 0 Å². The number of anilines is 1. The van der Waals surface area contributed by atoms with Gasteiger partial charge >= 0.3 is 0 Å². The van der Waals surface area contributed by atoms with Crippen molar-refractivity contribution in [3.63, 3.8) is 0 Å². The molecule has 2 N–H and O–H groups in total. The van der Waals surface area contributed by atoms with Gasteiger partial charge in [0, 0.05) is 18.0 Å². The van der Waals surface area contributed by atoms with Crippen molar-refractivity contribution in [3.8, 4) is 0 Å². The molecule has 0 atom stereocenters. The first-order chi connectivity index (χ1) is 8.28. The summed E-state index contributed by atoms with van der Waals surface area (Å²) in [4.78, 5) is 4.35. The van der Waals surface area contributed by atoms with Crippen molar-refractivity contribution < 1.29 is 0 Å². The predicted octanol–water partition coefficient (Wildman–Crippen LogP) is 2.74. The van der Waals surface area contributed by atoms with Gasteiger partial charge in [-0.25, -0.2) is 4.98 Å². The van der Waals surface area contributed by atoms with Crippen molar-refractivity contribution >= 4 is 16.7 Å². The average molecular weight is 249 g/mol. The van der Waals surface area contributed by atoms with Gasteiger partial charge in [0.1, 0.15) is 5.82 Å². The van der Waals surface area contributed by atoms with E-state index < -0.39 is 0 Å². The van der Waals surface area contributed by atoms with Crippen molar-refractivity contribution in [2.45, 2.75) is 38.5 Å². The molecule has 4 fully saturated rings. The van der Waals surface area contributed by atoms with Crippen LogP contribution in [0.2, 0.25) is 0 Å². The summed E-state index contributed by atoms with van der Waals surface area (Å²) in [6.07, 6.45) is 8.55. The van der Waals surface area contributed by atoms with Crippen molar-refractivity contribution in [3.05, 3.63) is 5.82 Å². The molecule has 1 heterocycles. The molecule has 0 amide bonds. The quantitative estimate of drug-likeness (QED) is 0.876. The Hall–Kier alpha value is -0.640. The summed E-state index contributed by atoms with van der Waals surface area (Å²) in [5, 5.41) is 0.629. The first-order valence-corrected chi connectivity index (χ1v) is 7.63. The van der Waals surface area contributed by atoms with Crippen LogP contribution in [0.1, 0.15) is 37.9 Å². The minimum atomic E-state index is 0.629. The van der Waals surface area contributed by atoms with Gasteiger partial charge in [0.25, 0.3) is 0 Å². The highest BCUT2D eigenvalue weighted by atomic mass is 32.1. The fraction of sp³-hybridized carbons (Fsp3) is 0.846. The van der Waals surface area contributed by atoms with Crippen LogP contribution in [-0.2, 0) is 6.42 Å². The van der Waals surface area contributed by atoms with Crippen molar-refractivity contribution in [1.29, 1.82) is 0 Å². The van der Waals surface area contributed by atoms with Gasteiger partial charge in [0.15, 0.2) is 5.13 Å². The number of hydrogen-bond donors (Lipinski definition) is 1. The zero-order valence-electron chi connectivity index (χ0n) is 10.0. The highest BCUT2D eigenvalue weighted by Gasteiger charge is 2.48. The maximum absolute atomic E-state index is 5.67. The second-order valence-electron chi connectivity index (χ2n) is 6.35. The molecule has 0 aromatic carbocycles. The maximum atomic E-state index is 5.67. The van der Waals surface area contributed by atoms with Gasteiger partial charge in [-0.2, -0.15) is 4.37 Å². The maximum Gasteiger partial charge on any atom is 0.199 e. The van der Waals surface area contributed by atoms with Crippen LogP contribution in [0.15, 0.2) is 0 Å². The molecular formula is C13H19N3S. The lowest BCUT2D eigenvalue weighted by Gasteiger charge is -2.54. The Kier molecular flexibility index (Phi) is 2.23. The average Bonchev–Trinajstić information content (AvgIpc) is 2.68. The summed E-state index contributed by atoms with van der Waals surface area (Å²) in [5.74, 6) is 5.91. The minimum Gasteiger partial charge on any atom is -0.374 e. The number of aromatic nitrogens is 2. The smallest absolute Gasteiger partial charge is 0.199 e. The molecule has 4 aliphatic rings. The molecule has 0 aliphatic heterocycles. The predicted molar refractivity (Wildman–Crippen MR) is 68.6 cm³/mol. The number of hydrogen-bond acceptors (Lipinski definition) is 4. The second-order valence-corrected chi connectivity index (χ2v) is 7.13. The fourth-order valence-corrected chi connectivity index (χ4v) is 5.39. The monoisotopic (exact) mass is 249 g/mol. The van der Waals surface area contributed by atoms with Crippen LogP contribution in [0.5, 0.6) is 0 Å². The molecule has 4 saturated carbocycles. The normalized spacial score (nSPS) is 43.2. The number of nitrogen functional groups attached to an aromatic ring is 1. The van der Waals surface area contributed by atoms with E-state index in [0.29, 0.717) is 5.13 Å². The highest BCUT2D eigenvalue weighted by Crippen LogP contribution is 2.57. The van der Waals surface area contributed by atoms with Crippen LogP contribution in [0.25, 0.3) is 0 Å². The van der Waals surface area contributed by atoms with Crippen LogP contribution in [0.4, 0.5) is 5.13 Å². The van der Waals surface area contributed by atoms with Gasteiger partial charge in [-0.05, 0) is 61.7 Å². The Morgan fingerprint density at radius 1 is 1.06 bits per heavy atom. The van der Waals surface area contributed by atoms with E-state index >= 15 is 0 Å². The third-order valence-electron chi connectivity index (χ3n) is 5.32. The lowest BCUT2D eigenvalue weighted by Crippen LogP contribution is -2.45. The van der Waals surface area contributed by atoms with Crippen molar-refractivity contribution in [2.75, 3.05) is 5.73 Å². The number of nitrogens with zero attached hydrogens (tertiary/aromatic N) is 2. The Morgan fingerprint density at radius 2 is 1.71 bits per heavy atom. The summed E-state index contributed by atoms with van der Waals surface area (Å²) in [5.41, 5.74) is 5.67. The van der Waals surface area contributed by atoms with E-state index in [0.717, 1.165) is 41.8 Å². The molecule has 1 aromatic heterocycles. The number of rotatable bonds is 2. The molecule has 3 nitrogen and oxygen atoms in total. The van der Waals surface area contributed by atoms with E-state index in [1.165, 1.54) is 43.6 Å². The van der Waals surface area contributed by atoms with Crippen LogP contribution in [-0.4, -0.2) is 9.36 Å². The summed E-state index contributed by atoms with van der Waals surface area (Å²) >= 11 is 1.35. The highest BCUT2D eigenvalue weighted by molar-refractivity contribution is 7.09. The SMILES string of the molecule is Nc1nc(CC2C3CC4CC(C3)CC2C4)ns1. The second kappa shape index (κ2) is 3.67. The Balaban J connectivity index is 1.54. The molecule has 0 radical (unpaired) electrons. The van der Waals surface area contributed by atoms with Gasteiger partial charge in [0.05, 0.1) is 0 Å². The lowest BCUT2D eigenvalue weighted by molar-refractivity contribution is -0.0366. The van der Waals surface area contributed by atoms with Gasteiger partial charge in [-0.1, -0.05) is 0 Å². The molecule has 17 heavy (non-hydrogen) atoms. The van der Waals surface area contributed by atoms with E-state index in [4.69, 9.17) is 5.73 Å². The van der Waals surface area contributed by atoms with E-state index in [1.807, 2.05) is 0 Å². The summed E-state index contributed by atoms with van der Waals surface area (Å²) in [6.45, 7) is 0. The minimum absolute atomic E-state index is 0.629. The molecule has 5 rings (SSSR count). The number of nitrogens with two attached hydrogens (primary N) is 1. The molecule has 0 unspecified atom stereocenters. The fourth-order valence-electron chi connectivity index (χ4n) is 4.93. The van der Waals surface area contributed by atoms with Crippen LogP contribution in [0.3, 0.4) is 0 Å². The Morgan fingerprint density at radius 3 is 2.24 bits per heavy atom. The molecule has 4 aliphatic carbocycles. The van der Waals surface area contributed by atoms with Gasteiger partial charge in [0.2, 0.25) is 0 Å². The lowest BCUT2D eigenvalue weighted by atomic mass is 9.51. The first-order valence-electron chi connectivity index (χ1n) is 6.86. The molecule has 92 valence electrons. The van der Waals surface area contributed by atoms with E-state index in [9.17, 15) is 0 Å². The first kappa shape index (κ1) is 10.3. The largest absolute Gasteiger partial charge is 0.374 e. The van der Waals surface area contributed by atoms with Crippen LogP contribution >= 0.6 is 11.5 Å². The Labute approximate surface area is 106 Å². The van der Waals surface area contributed by atoms with Crippen LogP contribution < -0.4 is 5.73 Å². The standard InChI is InChI=1S/C13H19N3S/c14-13-15-12(16-17-13)6-11-9-2-7-1-8(4-9)5-10(11)3-7/h7-11H,1-6H2,(H2,14,15,16). The zero-order chi connectivity index (χ0) is 11.4. The summed E-state index contributed by atoms with van der Waals surface area (Å²) in [6, 6.07) is 0. The molecule has 4 bridgehead atoms. The molecule has 4 heteroatoms. The van der Waals surface area contributed by atoms with Gasteiger partial charge in [-0.3, -0.25) is 0 Å². The topological polar surface area (TPSA) is 51.8 Å². The van der Waals surface area contributed by atoms with Crippen molar-refractivity contribution in [2.24, 2.45) is 29.6 Å². The molecule has 0 spiro atoms.